The van der Waals surface area contributed by atoms with Crippen molar-refractivity contribution < 1.29 is 4.79 Å². The number of likely N-dealkylation sites (tertiary alicyclic amines) is 1. The molecule has 1 fully saturated rings. The standard InChI is InChI=1S/C14H20BrN3O/c1-10(2)18-8-5-11(6-9-18)17-14(19)12-4-3-7-16-13(12)15/h3-4,7,10-11H,5-6,8-9H2,1-2H3,(H,17,19). The molecule has 2 heterocycles. The van der Waals surface area contributed by atoms with Gasteiger partial charge < -0.3 is 10.2 Å². The van der Waals surface area contributed by atoms with E-state index in [-0.39, 0.29) is 11.9 Å². The molecule has 19 heavy (non-hydrogen) atoms. The summed E-state index contributed by atoms with van der Waals surface area (Å²) in [5, 5.41) is 3.10. The molecule has 0 radical (unpaired) electrons. The summed E-state index contributed by atoms with van der Waals surface area (Å²) >= 11 is 3.31. The molecule has 2 rings (SSSR count). The quantitative estimate of drug-likeness (QED) is 0.868. The first-order chi connectivity index (χ1) is 9.08. The molecular formula is C14H20BrN3O. The highest BCUT2D eigenvalue weighted by molar-refractivity contribution is 9.10. The third-order valence-electron chi connectivity index (χ3n) is 3.60. The maximum Gasteiger partial charge on any atom is 0.254 e. The molecule has 1 saturated heterocycles. The van der Waals surface area contributed by atoms with Crippen LogP contribution in [0.3, 0.4) is 0 Å². The summed E-state index contributed by atoms with van der Waals surface area (Å²) in [6.07, 6.45) is 3.70. The molecule has 4 nitrogen and oxygen atoms in total. The van der Waals surface area contributed by atoms with E-state index in [2.05, 4.69) is 45.0 Å². The molecule has 104 valence electrons. The van der Waals surface area contributed by atoms with E-state index in [9.17, 15) is 4.79 Å². The fraction of sp³-hybridized carbons (Fsp3) is 0.571. The molecule has 1 aliphatic heterocycles. The van der Waals surface area contributed by atoms with Gasteiger partial charge in [-0.3, -0.25) is 4.79 Å². The lowest BCUT2D eigenvalue weighted by atomic mass is 10.0. The molecule has 0 bridgehead atoms. The Bertz CT molecular complexity index is 442. The van der Waals surface area contributed by atoms with Gasteiger partial charge in [0.25, 0.3) is 5.91 Å². The molecule has 5 heteroatoms. The summed E-state index contributed by atoms with van der Waals surface area (Å²) in [6, 6.07) is 4.43. The fourth-order valence-electron chi connectivity index (χ4n) is 2.38. The predicted molar refractivity (Wildman–Crippen MR) is 79.1 cm³/mol. The fourth-order valence-corrected chi connectivity index (χ4v) is 2.81. The van der Waals surface area contributed by atoms with Crippen LogP contribution in [0.25, 0.3) is 0 Å². The van der Waals surface area contributed by atoms with E-state index in [0.29, 0.717) is 16.2 Å². The molecule has 1 N–H and O–H groups in total. The van der Waals surface area contributed by atoms with Gasteiger partial charge in [-0.1, -0.05) is 0 Å². The summed E-state index contributed by atoms with van der Waals surface area (Å²) in [7, 11) is 0. The number of hydrogen-bond acceptors (Lipinski definition) is 3. The predicted octanol–water partition coefficient (Wildman–Crippen LogP) is 2.45. The summed E-state index contributed by atoms with van der Waals surface area (Å²) in [5.41, 5.74) is 0.605. The van der Waals surface area contributed by atoms with E-state index in [1.54, 1.807) is 18.3 Å². The van der Waals surface area contributed by atoms with Gasteiger partial charge >= 0.3 is 0 Å². The van der Waals surface area contributed by atoms with Gasteiger partial charge in [0.05, 0.1) is 5.56 Å². The number of carbonyl (C=O) groups excluding carboxylic acids is 1. The van der Waals surface area contributed by atoms with Crippen LogP contribution in [0.1, 0.15) is 37.0 Å². The highest BCUT2D eigenvalue weighted by atomic mass is 79.9. The zero-order valence-electron chi connectivity index (χ0n) is 11.4. The topological polar surface area (TPSA) is 45.2 Å². The summed E-state index contributed by atoms with van der Waals surface area (Å²) < 4.78 is 0.604. The molecule has 1 aliphatic rings. The zero-order chi connectivity index (χ0) is 13.8. The van der Waals surface area contributed by atoms with Gasteiger partial charge in [0.15, 0.2) is 0 Å². The van der Waals surface area contributed by atoms with Crippen LogP contribution in [0.2, 0.25) is 0 Å². The first-order valence-electron chi connectivity index (χ1n) is 6.73. The molecule has 1 aromatic rings. The van der Waals surface area contributed by atoms with Gasteiger partial charge in [0.2, 0.25) is 0 Å². The Kier molecular flexibility index (Phi) is 4.93. The van der Waals surface area contributed by atoms with Crippen LogP contribution in [0, 0.1) is 0 Å². The van der Waals surface area contributed by atoms with Gasteiger partial charge in [-0.2, -0.15) is 0 Å². The van der Waals surface area contributed by atoms with Crippen molar-refractivity contribution in [3.05, 3.63) is 28.5 Å². The number of nitrogens with one attached hydrogen (secondary N) is 1. The number of piperidine rings is 1. The average molecular weight is 326 g/mol. The van der Waals surface area contributed by atoms with Crippen molar-refractivity contribution in [1.29, 1.82) is 0 Å². The largest absolute Gasteiger partial charge is 0.349 e. The first-order valence-corrected chi connectivity index (χ1v) is 7.52. The van der Waals surface area contributed by atoms with Crippen molar-refractivity contribution in [3.63, 3.8) is 0 Å². The Labute approximate surface area is 122 Å². The second-order valence-corrected chi connectivity index (χ2v) is 5.97. The van der Waals surface area contributed by atoms with Gasteiger partial charge in [0, 0.05) is 31.4 Å². The number of hydrogen-bond donors (Lipinski definition) is 1. The molecular weight excluding hydrogens is 306 g/mol. The van der Waals surface area contributed by atoms with Crippen LogP contribution in [0.4, 0.5) is 0 Å². The van der Waals surface area contributed by atoms with Crippen LogP contribution < -0.4 is 5.32 Å². The average Bonchev–Trinajstić information content (AvgIpc) is 2.39. The number of carbonyl (C=O) groups is 1. The van der Waals surface area contributed by atoms with Crippen molar-refractivity contribution in [1.82, 2.24) is 15.2 Å². The number of aromatic nitrogens is 1. The third-order valence-corrected chi connectivity index (χ3v) is 4.23. The summed E-state index contributed by atoms with van der Waals surface area (Å²) in [4.78, 5) is 18.7. The maximum atomic E-state index is 12.2. The van der Waals surface area contributed by atoms with Crippen molar-refractivity contribution >= 4 is 21.8 Å². The summed E-state index contributed by atoms with van der Waals surface area (Å²) in [5.74, 6) is -0.0389. The van der Waals surface area contributed by atoms with E-state index in [1.165, 1.54) is 0 Å². The number of pyridine rings is 1. The molecule has 0 atom stereocenters. The zero-order valence-corrected chi connectivity index (χ0v) is 13.0. The SMILES string of the molecule is CC(C)N1CCC(NC(=O)c2cccnc2Br)CC1. The molecule has 0 saturated carbocycles. The highest BCUT2D eigenvalue weighted by Gasteiger charge is 2.23. The van der Waals surface area contributed by atoms with Crippen LogP contribution in [0.5, 0.6) is 0 Å². The van der Waals surface area contributed by atoms with E-state index in [4.69, 9.17) is 0 Å². The number of nitrogens with zero attached hydrogens (tertiary/aromatic N) is 2. The van der Waals surface area contributed by atoms with E-state index < -0.39 is 0 Å². The Balaban J connectivity index is 1.89. The Hall–Kier alpha value is -0.940. The highest BCUT2D eigenvalue weighted by Crippen LogP contribution is 2.16. The lowest BCUT2D eigenvalue weighted by molar-refractivity contribution is 0.0899. The van der Waals surface area contributed by atoms with Gasteiger partial charge in [-0.15, -0.1) is 0 Å². The van der Waals surface area contributed by atoms with Crippen LogP contribution in [-0.4, -0.2) is 41.0 Å². The Morgan fingerprint density at radius 1 is 1.47 bits per heavy atom. The Morgan fingerprint density at radius 2 is 2.16 bits per heavy atom. The smallest absolute Gasteiger partial charge is 0.254 e. The molecule has 1 amide bonds. The van der Waals surface area contributed by atoms with Gasteiger partial charge in [0.1, 0.15) is 4.60 Å². The first kappa shape index (κ1) is 14.5. The van der Waals surface area contributed by atoms with Crippen molar-refractivity contribution in [2.45, 2.75) is 38.8 Å². The number of halogens is 1. The van der Waals surface area contributed by atoms with Gasteiger partial charge in [-0.25, -0.2) is 4.98 Å². The summed E-state index contributed by atoms with van der Waals surface area (Å²) in [6.45, 7) is 6.53. The minimum absolute atomic E-state index is 0.0389. The minimum Gasteiger partial charge on any atom is -0.349 e. The monoisotopic (exact) mass is 325 g/mol. The lowest BCUT2D eigenvalue weighted by Gasteiger charge is -2.34. The second-order valence-electron chi connectivity index (χ2n) is 5.22. The molecule has 0 aromatic carbocycles. The second kappa shape index (κ2) is 6.48. The number of rotatable bonds is 3. The lowest BCUT2D eigenvalue weighted by Crippen LogP contribution is -2.46. The molecule has 0 spiro atoms. The van der Waals surface area contributed by atoms with Crippen LogP contribution >= 0.6 is 15.9 Å². The third kappa shape index (κ3) is 3.76. The van der Waals surface area contributed by atoms with E-state index >= 15 is 0 Å². The molecule has 1 aromatic heterocycles. The molecule has 0 aliphatic carbocycles. The van der Waals surface area contributed by atoms with Crippen LogP contribution in [-0.2, 0) is 0 Å². The normalized spacial score (nSPS) is 17.7. The minimum atomic E-state index is -0.0389. The Morgan fingerprint density at radius 3 is 2.74 bits per heavy atom. The molecule has 0 unspecified atom stereocenters. The van der Waals surface area contributed by atoms with Crippen molar-refractivity contribution in [3.8, 4) is 0 Å². The van der Waals surface area contributed by atoms with E-state index in [1.807, 2.05) is 0 Å². The number of amides is 1. The van der Waals surface area contributed by atoms with Gasteiger partial charge in [-0.05, 0) is 54.8 Å². The maximum absolute atomic E-state index is 12.2. The van der Waals surface area contributed by atoms with Crippen molar-refractivity contribution in [2.75, 3.05) is 13.1 Å². The van der Waals surface area contributed by atoms with Crippen molar-refractivity contribution in [2.24, 2.45) is 0 Å². The van der Waals surface area contributed by atoms with Crippen LogP contribution in [0.15, 0.2) is 22.9 Å². The van der Waals surface area contributed by atoms with E-state index in [0.717, 1.165) is 25.9 Å².